The van der Waals surface area contributed by atoms with E-state index in [-0.39, 0.29) is 17.7 Å². The van der Waals surface area contributed by atoms with Crippen molar-refractivity contribution < 1.29 is 9.59 Å². The summed E-state index contributed by atoms with van der Waals surface area (Å²) in [5.74, 6) is -0.254. The van der Waals surface area contributed by atoms with E-state index in [9.17, 15) is 9.59 Å². The van der Waals surface area contributed by atoms with Crippen LogP contribution in [0.15, 0.2) is 60.7 Å². The largest absolute Gasteiger partial charge is 0.354 e. The zero-order valence-electron chi connectivity index (χ0n) is 14.0. The van der Waals surface area contributed by atoms with Crippen LogP contribution in [0.1, 0.15) is 41.6 Å². The predicted octanol–water partition coefficient (Wildman–Crippen LogP) is 3.12. The predicted molar refractivity (Wildman–Crippen MR) is 95.9 cm³/mol. The number of nitrogens with one attached hydrogen (secondary N) is 2. The van der Waals surface area contributed by atoms with Crippen LogP contribution in [-0.4, -0.2) is 24.9 Å². The average Bonchev–Trinajstić information content (AvgIpc) is 2.64. The fourth-order valence-electron chi connectivity index (χ4n) is 2.60. The molecule has 0 aromatic heterocycles. The molecule has 0 fully saturated rings. The summed E-state index contributed by atoms with van der Waals surface area (Å²) in [5, 5.41) is 5.73. The molecule has 0 aliphatic heterocycles. The summed E-state index contributed by atoms with van der Waals surface area (Å²) in [6, 6.07) is 18.9. The average molecular weight is 324 g/mol. The number of hydrogen-bond donors (Lipinski definition) is 2. The summed E-state index contributed by atoms with van der Waals surface area (Å²) in [5.41, 5.74) is 1.65. The molecule has 0 bridgehead atoms. The molecule has 0 heterocycles. The SMILES string of the molecule is CCCC(C(=O)NCCNC(=O)c1ccccc1)c1ccccc1. The lowest BCUT2D eigenvalue weighted by Crippen LogP contribution is -2.37. The molecule has 4 nitrogen and oxygen atoms in total. The molecule has 1 unspecified atom stereocenters. The van der Waals surface area contributed by atoms with E-state index < -0.39 is 0 Å². The molecule has 0 saturated carbocycles. The topological polar surface area (TPSA) is 58.2 Å². The highest BCUT2D eigenvalue weighted by molar-refractivity contribution is 5.94. The fraction of sp³-hybridized carbons (Fsp3) is 0.300. The molecule has 2 aromatic carbocycles. The van der Waals surface area contributed by atoms with Crippen LogP contribution in [0, 0.1) is 0 Å². The molecule has 0 radical (unpaired) electrons. The molecule has 0 spiro atoms. The van der Waals surface area contributed by atoms with E-state index in [1.807, 2.05) is 48.5 Å². The second-order valence-electron chi connectivity index (χ2n) is 5.66. The van der Waals surface area contributed by atoms with Gasteiger partial charge in [-0.1, -0.05) is 61.9 Å². The Morgan fingerprint density at radius 1 is 0.875 bits per heavy atom. The maximum Gasteiger partial charge on any atom is 0.251 e. The van der Waals surface area contributed by atoms with Crippen LogP contribution in [0.4, 0.5) is 0 Å². The van der Waals surface area contributed by atoms with Crippen molar-refractivity contribution in [2.45, 2.75) is 25.7 Å². The van der Waals surface area contributed by atoms with Crippen molar-refractivity contribution in [3.63, 3.8) is 0 Å². The lowest BCUT2D eigenvalue weighted by molar-refractivity contribution is -0.122. The van der Waals surface area contributed by atoms with Crippen molar-refractivity contribution in [1.29, 1.82) is 0 Å². The van der Waals surface area contributed by atoms with E-state index in [1.165, 1.54) is 0 Å². The summed E-state index contributed by atoms with van der Waals surface area (Å²) in [6.07, 6.45) is 1.75. The number of hydrogen-bond acceptors (Lipinski definition) is 2. The van der Waals surface area contributed by atoms with Crippen LogP contribution >= 0.6 is 0 Å². The summed E-state index contributed by atoms with van der Waals surface area (Å²) < 4.78 is 0. The zero-order chi connectivity index (χ0) is 17.2. The van der Waals surface area contributed by atoms with Crippen molar-refractivity contribution in [3.05, 3.63) is 71.8 Å². The van der Waals surface area contributed by atoms with Gasteiger partial charge in [0.15, 0.2) is 0 Å². The first kappa shape index (κ1) is 17.7. The second-order valence-corrected chi connectivity index (χ2v) is 5.66. The van der Waals surface area contributed by atoms with Crippen LogP contribution in [-0.2, 0) is 4.79 Å². The van der Waals surface area contributed by atoms with E-state index in [4.69, 9.17) is 0 Å². The van der Waals surface area contributed by atoms with Gasteiger partial charge in [0, 0.05) is 18.7 Å². The molecule has 2 amide bonds. The minimum atomic E-state index is -0.138. The number of rotatable bonds is 8. The van der Waals surface area contributed by atoms with Crippen LogP contribution in [0.5, 0.6) is 0 Å². The monoisotopic (exact) mass is 324 g/mol. The Labute approximate surface area is 143 Å². The van der Waals surface area contributed by atoms with Gasteiger partial charge in [0.25, 0.3) is 5.91 Å². The van der Waals surface area contributed by atoms with Gasteiger partial charge in [0.05, 0.1) is 5.92 Å². The molecule has 1 atom stereocenters. The van der Waals surface area contributed by atoms with Crippen molar-refractivity contribution in [2.24, 2.45) is 0 Å². The minimum absolute atomic E-state index is 0.0111. The molecule has 0 aliphatic carbocycles. The zero-order valence-corrected chi connectivity index (χ0v) is 14.0. The molecular formula is C20H24N2O2. The van der Waals surface area contributed by atoms with Crippen LogP contribution in [0.3, 0.4) is 0 Å². The summed E-state index contributed by atoms with van der Waals surface area (Å²) in [6.45, 7) is 2.90. The first-order valence-corrected chi connectivity index (χ1v) is 8.38. The third-order valence-electron chi connectivity index (χ3n) is 3.84. The highest BCUT2D eigenvalue weighted by Crippen LogP contribution is 2.21. The molecule has 2 N–H and O–H groups in total. The van der Waals surface area contributed by atoms with Gasteiger partial charge in [-0.15, -0.1) is 0 Å². The summed E-state index contributed by atoms with van der Waals surface area (Å²) in [4.78, 5) is 24.3. The first-order chi connectivity index (χ1) is 11.7. The van der Waals surface area contributed by atoms with Crippen LogP contribution in [0.2, 0.25) is 0 Å². The van der Waals surface area contributed by atoms with Crippen molar-refractivity contribution in [2.75, 3.05) is 13.1 Å². The van der Waals surface area contributed by atoms with Crippen molar-refractivity contribution in [3.8, 4) is 0 Å². The van der Waals surface area contributed by atoms with E-state index in [2.05, 4.69) is 17.6 Å². The van der Waals surface area contributed by atoms with Gasteiger partial charge in [-0.2, -0.15) is 0 Å². The number of benzene rings is 2. The van der Waals surface area contributed by atoms with E-state index in [1.54, 1.807) is 12.1 Å². The van der Waals surface area contributed by atoms with Gasteiger partial charge in [0.1, 0.15) is 0 Å². The smallest absolute Gasteiger partial charge is 0.251 e. The molecule has 4 heteroatoms. The maximum atomic E-state index is 12.4. The lowest BCUT2D eigenvalue weighted by atomic mass is 9.94. The molecule has 24 heavy (non-hydrogen) atoms. The number of carbonyl (C=O) groups excluding carboxylic acids is 2. The first-order valence-electron chi connectivity index (χ1n) is 8.38. The Morgan fingerprint density at radius 2 is 1.46 bits per heavy atom. The van der Waals surface area contributed by atoms with Gasteiger partial charge in [-0.05, 0) is 24.1 Å². The van der Waals surface area contributed by atoms with Gasteiger partial charge in [-0.25, -0.2) is 0 Å². The molecule has 2 aromatic rings. The molecule has 126 valence electrons. The Balaban J connectivity index is 1.80. The van der Waals surface area contributed by atoms with Gasteiger partial charge in [0.2, 0.25) is 5.91 Å². The van der Waals surface area contributed by atoms with Crippen molar-refractivity contribution >= 4 is 11.8 Å². The molecule has 0 saturated heterocycles. The number of carbonyl (C=O) groups is 2. The fourth-order valence-corrected chi connectivity index (χ4v) is 2.60. The quantitative estimate of drug-likeness (QED) is 0.733. The maximum absolute atomic E-state index is 12.4. The standard InChI is InChI=1S/C20H24N2O2/c1-2-9-18(16-10-5-3-6-11-16)20(24)22-15-14-21-19(23)17-12-7-4-8-13-17/h3-8,10-13,18H,2,9,14-15H2,1H3,(H,21,23)(H,22,24). The van der Waals surface area contributed by atoms with Crippen molar-refractivity contribution in [1.82, 2.24) is 10.6 Å². The third-order valence-corrected chi connectivity index (χ3v) is 3.84. The van der Waals surface area contributed by atoms with Gasteiger partial charge in [-0.3, -0.25) is 9.59 Å². The second kappa shape index (κ2) is 9.50. The summed E-state index contributed by atoms with van der Waals surface area (Å²) >= 11 is 0. The Hall–Kier alpha value is -2.62. The van der Waals surface area contributed by atoms with Crippen LogP contribution in [0.25, 0.3) is 0 Å². The Kier molecular flexibility index (Phi) is 7.02. The highest BCUT2D eigenvalue weighted by Gasteiger charge is 2.18. The van der Waals surface area contributed by atoms with Gasteiger partial charge >= 0.3 is 0 Å². The molecular weight excluding hydrogens is 300 g/mol. The van der Waals surface area contributed by atoms with E-state index in [0.717, 1.165) is 18.4 Å². The normalized spacial score (nSPS) is 11.5. The number of amides is 2. The summed E-state index contributed by atoms with van der Waals surface area (Å²) in [7, 11) is 0. The lowest BCUT2D eigenvalue weighted by Gasteiger charge is -2.16. The molecule has 2 rings (SSSR count). The van der Waals surface area contributed by atoms with E-state index >= 15 is 0 Å². The van der Waals surface area contributed by atoms with Gasteiger partial charge < -0.3 is 10.6 Å². The van der Waals surface area contributed by atoms with E-state index in [0.29, 0.717) is 18.7 Å². The highest BCUT2D eigenvalue weighted by atomic mass is 16.2. The Bertz CT molecular complexity index is 641. The molecule has 0 aliphatic rings. The third kappa shape index (κ3) is 5.23. The minimum Gasteiger partial charge on any atom is -0.354 e. The van der Waals surface area contributed by atoms with Crippen LogP contribution < -0.4 is 10.6 Å². The Morgan fingerprint density at radius 3 is 2.08 bits per heavy atom.